The molecule has 2 atom stereocenters. The zero-order valence-electron chi connectivity index (χ0n) is 16.6. The van der Waals surface area contributed by atoms with E-state index in [0.717, 1.165) is 18.5 Å². The van der Waals surface area contributed by atoms with Crippen LogP contribution in [0.25, 0.3) is 11.1 Å². The molecule has 0 fully saturated rings. The highest BCUT2D eigenvalue weighted by Crippen LogP contribution is 2.25. The van der Waals surface area contributed by atoms with Crippen LogP contribution < -0.4 is 4.72 Å². The van der Waals surface area contributed by atoms with Crippen LogP contribution in [0, 0.1) is 6.92 Å². The van der Waals surface area contributed by atoms with Crippen LogP contribution in [0.15, 0.2) is 60.7 Å². The Kier molecular flexibility index (Phi) is 6.75. The summed E-state index contributed by atoms with van der Waals surface area (Å²) in [4.78, 5) is 0. The van der Waals surface area contributed by atoms with Crippen LogP contribution in [-0.4, -0.2) is 22.1 Å². The van der Waals surface area contributed by atoms with Crippen molar-refractivity contribution in [3.63, 3.8) is 0 Å². The lowest BCUT2D eigenvalue weighted by atomic mass is 9.97. The van der Waals surface area contributed by atoms with Gasteiger partial charge in [0, 0.05) is 11.7 Å². The van der Waals surface area contributed by atoms with Crippen LogP contribution in [0.3, 0.4) is 0 Å². The lowest BCUT2D eigenvalue weighted by Gasteiger charge is -2.26. The van der Waals surface area contributed by atoms with E-state index >= 15 is 0 Å². The SMILES string of the molecule is CCc1cc(C)nn1C(Cc1cccc(-c2ccccc2)c1)C(C)NSC. The standard InChI is InChI=1S/C23H29N3S/c1-5-22-14-17(2)24-26(22)23(18(3)25-27-4)16-19-10-9-13-21(15-19)20-11-7-6-8-12-20/h6-15,18,23,25H,5,16H2,1-4H3. The average Bonchev–Trinajstić information content (AvgIpc) is 3.07. The third-order valence-corrected chi connectivity index (χ3v) is 5.58. The van der Waals surface area contributed by atoms with Crippen LogP contribution in [-0.2, 0) is 12.8 Å². The molecule has 0 aliphatic rings. The molecule has 3 nitrogen and oxygen atoms in total. The average molecular weight is 380 g/mol. The minimum atomic E-state index is 0.270. The molecule has 0 bridgehead atoms. The van der Waals surface area contributed by atoms with Gasteiger partial charge in [-0.25, -0.2) is 0 Å². The van der Waals surface area contributed by atoms with Gasteiger partial charge in [-0.05, 0) is 55.7 Å². The zero-order valence-corrected chi connectivity index (χ0v) is 17.5. The first-order valence-corrected chi connectivity index (χ1v) is 10.8. The number of hydrogen-bond donors (Lipinski definition) is 1. The monoisotopic (exact) mass is 379 g/mol. The Morgan fingerprint density at radius 1 is 1.04 bits per heavy atom. The van der Waals surface area contributed by atoms with Gasteiger partial charge in [-0.15, -0.1) is 0 Å². The van der Waals surface area contributed by atoms with E-state index in [1.165, 1.54) is 22.4 Å². The summed E-state index contributed by atoms with van der Waals surface area (Å²) in [5, 5.41) is 4.83. The topological polar surface area (TPSA) is 29.9 Å². The summed E-state index contributed by atoms with van der Waals surface area (Å²) in [6.45, 7) is 6.53. The molecular formula is C23H29N3S. The van der Waals surface area contributed by atoms with E-state index in [0.29, 0.717) is 6.04 Å². The largest absolute Gasteiger partial charge is 0.264 e. The fraction of sp³-hybridized carbons (Fsp3) is 0.348. The molecule has 27 heavy (non-hydrogen) atoms. The van der Waals surface area contributed by atoms with Crippen LogP contribution in [0.2, 0.25) is 0 Å². The van der Waals surface area contributed by atoms with E-state index in [-0.39, 0.29) is 6.04 Å². The number of aryl methyl sites for hydroxylation is 2. The van der Waals surface area contributed by atoms with Gasteiger partial charge in [0.1, 0.15) is 0 Å². The minimum absolute atomic E-state index is 0.270. The Morgan fingerprint density at radius 3 is 2.48 bits per heavy atom. The maximum absolute atomic E-state index is 4.83. The molecule has 3 rings (SSSR count). The lowest BCUT2D eigenvalue weighted by molar-refractivity contribution is 0.367. The zero-order chi connectivity index (χ0) is 19.2. The highest BCUT2D eigenvalue weighted by molar-refractivity contribution is 7.96. The summed E-state index contributed by atoms with van der Waals surface area (Å²) in [6, 6.07) is 22.3. The second-order valence-corrected chi connectivity index (χ2v) is 7.67. The highest BCUT2D eigenvalue weighted by Gasteiger charge is 2.23. The van der Waals surface area contributed by atoms with E-state index in [9.17, 15) is 0 Å². The van der Waals surface area contributed by atoms with E-state index < -0.39 is 0 Å². The summed E-state index contributed by atoms with van der Waals surface area (Å²) in [7, 11) is 0. The van der Waals surface area contributed by atoms with Gasteiger partial charge in [0.25, 0.3) is 0 Å². The number of rotatable bonds is 8. The van der Waals surface area contributed by atoms with Gasteiger partial charge in [0.15, 0.2) is 0 Å². The predicted molar refractivity (Wildman–Crippen MR) is 117 cm³/mol. The second kappa shape index (κ2) is 9.25. The highest BCUT2D eigenvalue weighted by atomic mass is 32.2. The first-order valence-electron chi connectivity index (χ1n) is 9.60. The van der Waals surface area contributed by atoms with Crippen molar-refractivity contribution in [3.8, 4) is 11.1 Å². The summed E-state index contributed by atoms with van der Waals surface area (Å²) in [6.07, 6.45) is 4.02. The van der Waals surface area contributed by atoms with E-state index in [1.807, 2.05) is 0 Å². The van der Waals surface area contributed by atoms with Gasteiger partial charge in [-0.2, -0.15) is 5.10 Å². The maximum Gasteiger partial charge on any atom is 0.0721 e. The minimum Gasteiger partial charge on any atom is -0.264 e. The van der Waals surface area contributed by atoms with Gasteiger partial charge in [0.05, 0.1) is 11.7 Å². The van der Waals surface area contributed by atoms with Crippen LogP contribution in [0.1, 0.15) is 36.8 Å². The molecule has 4 heteroatoms. The quantitative estimate of drug-likeness (QED) is 0.527. The number of benzene rings is 2. The van der Waals surface area contributed by atoms with Gasteiger partial charge < -0.3 is 0 Å². The summed E-state index contributed by atoms with van der Waals surface area (Å²) >= 11 is 1.67. The first-order chi connectivity index (χ1) is 13.1. The Bertz CT molecular complexity index is 857. The van der Waals surface area contributed by atoms with Crippen molar-refractivity contribution in [2.75, 3.05) is 6.26 Å². The summed E-state index contributed by atoms with van der Waals surface area (Å²) < 4.78 is 5.76. The van der Waals surface area contributed by atoms with Crippen molar-refractivity contribution in [1.29, 1.82) is 0 Å². The molecule has 0 saturated carbocycles. The van der Waals surface area contributed by atoms with E-state index in [1.54, 1.807) is 11.9 Å². The van der Waals surface area contributed by atoms with Crippen molar-refractivity contribution in [2.45, 2.75) is 45.7 Å². The van der Waals surface area contributed by atoms with Crippen LogP contribution in [0.4, 0.5) is 0 Å². The normalized spacial score (nSPS) is 13.5. The summed E-state index contributed by atoms with van der Waals surface area (Å²) in [5.41, 5.74) is 6.25. The Hall–Kier alpha value is -2.04. The van der Waals surface area contributed by atoms with Crippen LogP contribution in [0.5, 0.6) is 0 Å². The Morgan fingerprint density at radius 2 is 1.78 bits per heavy atom. The smallest absolute Gasteiger partial charge is 0.0721 e. The number of nitrogens with zero attached hydrogens (tertiary/aromatic N) is 2. The Balaban J connectivity index is 1.92. The van der Waals surface area contributed by atoms with Gasteiger partial charge in [-0.1, -0.05) is 73.5 Å². The molecule has 0 amide bonds. The molecule has 0 aliphatic carbocycles. The molecule has 0 aliphatic heterocycles. The van der Waals surface area contributed by atoms with Crippen molar-refractivity contribution < 1.29 is 0 Å². The first kappa shape index (κ1) is 19.7. The van der Waals surface area contributed by atoms with E-state index in [4.69, 9.17) is 5.10 Å². The number of hydrogen-bond acceptors (Lipinski definition) is 3. The molecule has 1 aromatic heterocycles. The van der Waals surface area contributed by atoms with Crippen LogP contribution >= 0.6 is 11.9 Å². The Labute approximate surface area is 167 Å². The molecule has 1 N–H and O–H groups in total. The third kappa shape index (κ3) is 4.82. The van der Waals surface area contributed by atoms with Gasteiger partial charge in [-0.3, -0.25) is 9.40 Å². The number of nitrogens with one attached hydrogen (secondary N) is 1. The lowest BCUT2D eigenvalue weighted by Crippen LogP contribution is -2.34. The second-order valence-electron chi connectivity index (χ2n) is 7.02. The van der Waals surface area contributed by atoms with E-state index in [2.05, 4.69) is 97.1 Å². The predicted octanol–water partition coefficient (Wildman–Crippen LogP) is 5.46. The third-order valence-electron chi connectivity index (χ3n) is 4.97. The maximum atomic E-state index is 4.83. The molecule has 2 aromatic carbocycles. The van der Waals surface area contributed by atoms with Gasteiger partial charge >= 0.3 is 0 Å². The van der Waals surface area contributed by atoms with Crippen molar-refractivity contribution >= 4 is 11.9 Å². The van der Waals surface area contributed by atoms with Crippen molar-refractivity contribution in [2.24, 2.45) is 0 Å². The molecule has 3 aromatic rings. The molecule has 0 spiro atoms. The molecule has 142 valence electrons. The molecule has 1 heterocycles. The van der Waals surface area contributed by atoms with Crippen molar-refractivity contribution in [3.05, 3.63) is 77.6 Å². The molecular weight excluding hydrogens is 350 g/mol. The molecule has 0 saturated heterocycles. The van der Waals surface area contributed by atoms with Crippen molar-refractivity contribution in [1.82, 2.24) is 14.5 Å². The fourth-order valence-electron chi connectivity index (χ4n) is 3.61. The molecule has 2 unspecified atom stereocenters. The molecule has 0 radical (unpaired) electrons. The number of aromatic nitrogens is 2. The van der Waals surface area contributed by atoms with Gasteiger partial charge in [0.2, 0.25) is 0 Å². The fourth-order valence-corrected chi connectivity index (χ4v) is 4.14. The summed E-state index contributed by atoms with van der Waals surface area (Å²) in [5.74, 6) is 0.